The average Bonchev–Trinajstić information content (AvgIpc) is 3.44. The van der Waals surface area contributed by atoms with Gasteiger partial charge in [0.1, 0.15) is 23.7 Å². The molecule has 188 valence electrons. The summed E-state index contributed by atoms with van der Waals surface area (Å²) in [5.74, 6) is 0.558. The van der Waals surface area contributed by atoms with Crippen molar-refractivity contribution in [2.75, 3.05) is 23.4 Å². The third-order valence-corrected chi connectivity index (χ3v) is 8.33. The molecule has 7 rings (SSSR count). The first-order valence-corrected chi connectivity index (χ1v) is 13.8. The Morgan fingerprint density at radius 2 is 2.08 bits per heavy atom. The number of aromatic nitrogens is 3. The quantitative estimate of drug-likeness (QED) is 0.389. The van der Waals surface area contributed by atoms with Crippen molar-refractivity contribution in [2.45, 2.75) is 43.0 Å². The van der Waals surface area contributed by atoms with Gasteiger partial charge >= 0.3 is 6.03 Å². The molecule has 0 spiro atoms. The van der Waals surface area contributed by atoms with E-state index in [-0.39, 0.29) is 0 Å². The smallest absolute Gasteiger partial charge is 0.361 e. The van der Waals surface area contributed by atoms with E-state index in [1.54, 1.807) is 6.20 Å². The lowest BCUT2D eigenvalue weighted by molar-refractivity contribution is 0.256. The number of rotatable bonds is 5. The van der Waals surface area contributed by atoms with E-state index in [0.717, 1.165) is 72.2 Å². The predicted molar refractivity (Wildman–Crippen MR) is 141 cm³/mol. The maximum absolute atomic E-state index is 13.2. The Balaban J connectivity index is 1.15. The summed E-state index contributed by atoms with van der Waals surface area (Å²) < 4.78 is 23.3. The first-order valence-electron chi connectivity index (χ1n) is 12.6. The van der Waals surface area contributed by atoms with Crippen molar-refractivity contribution in [2.24, 2.45) is 0 Å². The molecule has 9 nitrogen and oxygen atoms in total. The number of ether oxygens (including phenoxy) is 1. The van der Waals surface area contributed by atoms with E-state index in [4.69, 9.17) is 4.74 Å². The molecule has 1 atom stereocenters. The summed E-state index contributed by atoms with van der Waals surface area (Å²) in [7, 11) is 0. The lowest BCUT2D eigenvalue weighted by atomic mass is 9.97. The summed E-state index contributed by atoms with van der Waals surface area (Å²) in [6.45, 7) is 1.38. The van der Waals surface area contributed by atoms with Gasteiger partial charge in [-0.15, -0.1) is 4.72 Å². The lowest BCUT2D eigenvalue weighted by Gasteiger charge is -2.30. The van der Waals surface area contributed by atoms with Crippen LogP contribution in [0, 0.1) is 0 Å². The topological polar surface area (TPSA) is 107 Å². The van der Waals surface area contributed by atoms with Gasteiger partial charge in [-0.25, -0.2) is 14.3 Å². The molecule has 1 aromatic carbocycles. The molecule has 1 fully saturated rings. The van der Waals surface area contributed by atoms with E-state index in [1.165, 1.54) is 11.8 Å². The molecule has 1 unspecified atom stereocenters. The van der Waals surface area contributed by atoms with Gasteiger partial charge in [-0.3, -0.25) is 0 Å². The van der Waals surface area contributed by atoms with Crippen molar-refractivity contribution in [3.63, 3.8) is 0 Å². The molecular formula is C27H26N6O3S. The first-order chi connectivity index (χ1) is 18.1. The monoisotopic (exact) mass is 514 g/mol. The number of amides is 2. The Morgan fingerprint density at radius 3 is 2.97 bits per heavy atom. The normalized spacial score (nSPS) is 17.2. The average molecular weight is 515 g/mol. The number of pyridine rings is 2. The zero-order valence-electron chi connectivity index (χ0n) is 20.1. The van der Waals surface area contributed by atoms with E-state index in [0.29, 0.717) is 23.4 Å². The molecule has 2 amide bonds. The molecule has 3 aromatic heterocycles. The Bertz CT molecular complexity index is 1520. The van der Waals surface area contributed by atoms with Crippen LogP contribution >= 0.6 is 0 Å². The van der Waals surface area contributed by atoms with Crippen molar-refractivity contribution >= 4 is 34.3 Å². The van der Waals surface area contributed by atoms with Crippen LogP contribution in [0.3, 0.4) is 0 Å². The van der Waals surface area contributed by atoms with Crippen LogP contribution in [0.4, 0.5) is 16.2 Å². The van der Waals surface area contributed by atoms with Crippen molar-refractivity contribution in [1.29, 1.82) is 0 Å². The first kappa shape index (κ1) is 22.4. The molecule has 37 heavy (non-hydrogen) atoms. The fourth-order valence-electron chi connectivity index (χ4n) is 5.39. The van der Waals surface area contributed by atoms with Gasteiger partial charge in [0.2, 0.25) is 10.8 Å². The van der Waals surface area contributed by atoms with Crippen LogP contribution in [0.5, 0.6) is 5.88 Å². The van der Waals surface area contributed by atoms with E-state index < -0.39 is 17.4 Å². The fourth-order valence-corrected chi connectivity index (χ4v) is 6.09. The van der Waals surface area contributed by atoms with Crippen LogP contribution in [0.1, 0.15) is 30.4 Å². The van der Waals surface area contributed by atoms with E-state index in [2.05, 4.69) is 43.2 Å². The van der Waals surface area contributed by atoms with Crippen LogP contribution < -0.4 is 19.7 Å². The number of anilines is 2. The van der Waals surface area contributed by atoms with Crippen LogP contribution in [0.25, 0.3) is 16.6 Å². The molecule has 0 radical (unpaired) electrons. The van der Waals surface area contributed by atoms with Gasteiger partial charge in [-0.1, -0.05) is 12.1 Å². The number of hydrogen-bond donors (Lipinski definition) is 2. The molecule has 4 heterocycles. The van der Waals surface area contributed by atoms with Crippen LogP contribution in [0.2, 0.25) is 0 Å². The van der Waals surface area contributed by atoms with Gasteiger partial charge < -0.3 is 19.5 Å². The summed E-state index contributed by atoms with van der Waals surface area (Å²) in [6, 6.07) is 12.0. The number of aryl methyl sites for hydroxylation is 1. The number of hydrogen-bond acceptors (Lipinski definition) is 6. The molecule has 2 N–H and O–H groups in total. The van der Waals surface area contributed by atoms with E-state index in [9.17, 15) is 9.35 Å². The number of nitrogens with one attached hydrogen (secondary N) is 2. The summed E-state index contributed by atoms with van der Waals surface area (Å²) >= 11 is -1.77. The molecule has 10 heteroatoms. The van der Waals surface area contributed by atoms with Gasteiger partial charge in [0.15, 0.2) is 0 Å². The molecule has 4 aromatic rings. The zero-order valence-corrected chi connectivity index (χ0v) is 21.0. The number of benzene rings is 1. The second kappa shape index (κ2) is 8.97. The summed E-state index contributed by atoms with van der Waals surface area (Å²) in [5.41, 5.74) is 6.88. The Labute approximate surface area is 217 Å². The minimum absolute atomic E-state index is 0.440. The highest BCUT2D eigenvalue weighted by atomic mass is 32.2. The molecule has 2 aliphatic carbocycles. The van der Waals surface area contributed by atoms with Gasteiger partial charge in [0.25, 0.3) is 0 Å². The van der Waals surface area contributed by atoms with Crippen LogP contribution in [0.15, 0.2) is 59.9 Å². The largest absolute Gasteiger partial charge is 0.588 e. The summed E-state index contributed by atoms with van der Waals surface area (Å²) in [6.07, 6.45) is 10.4. The highest BCUT2D eigenvalue weighted by Gasteiger charge is 2.34. The molecular weight excluding hydrogens is 488 g/mol. The highest BCUT2D eigenvalue weighted by molar-refractivity contribution is 7.90. The lowest BCUT2D eigenvalue weighted by Crippen LogP contribution is -2.36. The highest BCUT2D eigenvalue weighted by Crippen LogP contribution is 2.40. The minimum atomic E-state index is -1.77. The molecule has 3 aliphatic rings. The number of urea groups is 1. The second-order valence-electron chi connectivity index (χ2n) is 9.69. The standard InChI is InChI=1S/C27H26N6O3S/c34-27(31-37(35)21-15-24-26(28-16-21)36-13-12-32(24)19-5-6-19)30-25-22-3-1-2-17(22)4-7-23(25)18-9-11-33-20(14-18)8-10-29-33/h4,7-11,14-16,19H,1-3,5-6,12-13H2,(H2,30,31,34). The Hall–Kier alpha value is -3.76. The minimum Gasteiger partial charge on any atom is -0.588 e. The fraction of sp³-hybridized carbons (Fsp3) is 0.296. The number of nitrogens with zero attached hydrogens (tertiary/aromatic N) is 4. The predicted octanol–water partition coefficient (Wildman–Crippen LogP) is 4.09. The Kier molecular flexibility index (Phi) is 5.44. The second-order valence-corrected chi connectivity index (χ2v) is 10.9. The van der Waals surface area contributed by atoms with Gasteiger partial charge in [-0.2, -0.15) is 5.10 Å². The van der Waals surface area contributed by atoms with Gasteiger partial charge in [0, 0.05) is 30.1 Å². The molecule has 0 bridgehead atoms. The maximum Gasteiger partial charge on any atom is 0.361 e. The third-order valence-electron chi connectivity index (χ3n) is 7.31. The zero-order chi connectivity index (χ0) is 24.9. The third kappa shape index (κ3) is 4.15. The van der Waals surface area contributed by atoms with Crippen molar-refractivity contribution in [3.8, 4) is 17.0 Å². The van der Waals surface area contributed by atoms with Crippen molar-refractivity contribution < 1.29 is 14.1 Å². The number of fused-ring (bicyclic) bond motifs is 3. The molecule has 1 aliphatic heterocycles. The summed E-state index contributed by atoms with van der Waals surface area (Å²) in [5, 5.41) is 7.31. The number of carbonyl (C=O) groups excluding carboxylic acids is 1. The van der Waals surface area contributed by atoms with E-state index in [1.807, 2.05) is 28.9 Å². The van der Waals surface area contributed by atoms with Crippen LogP contribution in [-0.4, -0.2) is 44.4 Å². The van der Waals surface area contributed by atoms with Crippen molar-refractivity contribution in [1.82, 2.24) is 19.3 Å². The van der Waals surface area contributed by atoms with Crippen LogP contribution in [-0.2, 0) is 24.2 Å². The maximum atomic E-state index is 13.2. The molecule has 0 saturated heterocycles. The number of carbonyl (C=O) groups is 1. The van der Waals surface area contributed by atoms with Crippen molar-refractivity contribution in [3.05, 3.63) is 66.1 Å². The SMILES string of the molecule is O=C(Nc1c(-c2ccn3nccc3c2)ccc2c1CCC2)N[S+]([O-])c1cnc2c(c1)N(C1CC1)CCO2. The summed E-state index contributed by atoms with van der Waals surface area (Å²) in [4.78, 5) is 20.2. The molecule has 1 saturated carbocycles. The Morgan fingerprint density at radius 1 is 1.16 bits per heavy atom. The van der Waals surface area contributed by atoms with E-state index >= 15 is 0 Å². The van der Waals surface area contributed by atoms with Gasteiger partial charge in [0.05, 0.1) is 23.9 Å². The van der Waals surface area contributed by atoms with Gasteiger partial charge in [-0.05, 0) is 67.0 Å².